The molecule has 0 spiro atoms. The molecule has 1 rings (SSSR count). The van der Waals surface area contributed by atoms with Crippen molar-refractivity contribution in [3.8, 4) is 0 Å². The van der Waals surface area contributed by atoms with E-state index in [1.165, 1.54) is 4.31 Å². The van der Waals surface area contributed by atoms with E-state index in [0.29, 0.717) is 32.1 Å². The van der Waals surface area contributed by atoms with Gasteiger partial charge in [-0.15, -0.1) is 24.0 Å². The molecule has 0 radical (unpaired) electrons. The van der Waals surface area contributed by atoms with Gasteiger partial charge in [0.2, 0.25) is 10.0 Å². The fraction of sp³-hybridized carbons (Fsp3) is 0.923. The van der Waals surface area contributed by atoms with Crippen molar-refractivity contribution < 1.29 is 13.2 Å². The van der Waals surface area contributed by atoms with Crippen LogP contribution in [0.4, 0.5) is 0 Å². The lowest BCUT2D eigenvalue weighted by Gasteiger charge is -2.19. The molecule has 0 aromatic rings. The quantitative estimate of drug-likeness (QED) is 0.323. The molecule has 1 unspecified atom stereocenters. The zero-order valence-corrected chi connectivity index (χ0v) is 16.8. The van der Waals surface area contributed by atoms with Crippen molar-refractivity contribution in [3.05, 3.63) is 0 Å². The molecule has 0 saturated carbocycles. The van der Waals surface area contributed by atoms with Crippen LogP contribution < -0.4 is 10.6 Å². The topological polar surface area (TPSA) is 83.0 Å². The van der Waals surface area contributed by atoms with E-state index in [1.807, 2.05) is 13.8 Å². The predicted molar refractivity (Wildman–Crippen MR) is 100 cm³/mol. The van der Waals surface area contributed by atoms with Gasteiger partial charge in [0.05, 0.1) is 11.9 Å². The zero-order chi connectivity index (χ0) is 15.7. The van der Waals surface area contributed by atoms with Crippen molar-refractivity contribution in [2.75, 3.05) is 45.6 Å². The minimum atomic E-state index is -3.19. The van der Waals surface area contributed by atoms with Crippen molar-refractivity contribution in [2.45, 2.75) is 32.8 Å². The minimum Gasteiger partial charge on any atom is -0.376 e. The first-order chi connectivity index (χ1) is 10.0. The molecule has 9 heteroatoms. The number of sulfonamides is 1. The Labute approximate surface area is 151 Å². The number of rotatable bonds is 8. The highest BCUT2D eigenvalue weighted by Gasteiger charge is 2.19. The maximum absolute atomic E-state index is 12.0. The van der Waals surface area contributed by atoms with E-state index in [0.717, 1.165) is 19.4 Å². The van der Waals surface area contributed by atoms with Crippen LogP contribution in [0.1, 0.15) is 26.7 Å². The monoisotopic (exact) mass is 448 g/mol. The van der Waals surface area contributed by atoms with Gasteiger partial charge in [0.1, 0.15) is 0 Å². The van der Waals surface area contributed by atoms with E-state index >= 15 is 0 Å². The third-order valence-corrected chi connectivity index (χ3v) is 5.52. The molecule has 7 nitrogen and oxygen atoms in total. The molecule has 2 N–H and O–H groups in total. The summed E-state index contributed by atoms with van der Waals surface area (Å²) in [6.45, 7) is 6.55. The SMILES string of the molecule is CCN(CC)S(=O)(=O)CCNC(=NC)NCC1CCCO1.I. The average molecular weight is 448 g/mol. The highest BCUT2D eigenvalue weighted by atomic mass is 127. The first-order valence-electron chi connectivity index (χ1n) is 7.57. The van der Waals surface area contributed by atoms with Gasteiger partial charge in [0.25, 0.3) is 0 Å². The summed E-state index contributed by atoms with van der Waals surface area (Å²) in [5.74, 6) is 0.676. The number of guanidine groups is 1. The first kappa shape index (κ1) is 21.9. The van der Waals surface area contributed by atoms with Crippen LogP contribution in [0.25, 0.3) is 0 Å². The van der Waals surface area contributed by atoms with Crippen molar-refractivity contribution in [1.82, 2.24) is 14.9 Å². The fourth-order valence-electron chi connectivity index (χ4n) is 2.28. The second-order valence-electron chi connectivity index (χ2n) is 4.92. The molecule has 1 saturated heterocycles. The van der Waals surface area contributed by atoms with Crippen LogP contribution >= 0.6 is 24.0 Å². The number of hydrogen-bond acceptors (Lipinski definition) is 4. The van der Waals surface area contributed by atoms with Crippen LogP contribution in [-0.2, 0) is 14.8 Å². The molecule has 1 fully saturated rings. The summed E-state index contributed by atoms with van der Waals surface area (Å²) in [4.78, 5) is 4.08. The molecular formula is C13H29IN4O3S. The minimum absolute atomic E-state index is 0. The average Bonchev–Trinajstić information content (AvgIpc) is 2.96. The number of hydrogen-bond donors (Lipinski definition) is 2. The lowest BCUT2D eigenvalue weighted by molar-refractivity contribution is 0.114. The summed E-state index contributed by atoms with van der Waals surface area (Å²) in [7, 11) is -1.52. The first-order valence-corrected chi connectivity index (χ1v) is 9.18. The van der Waals surface area contributed by atoms with Gasteiger partial charge >= 0.3 is 0 Å². The molecule has 22 heavy (non-hydrogen) atoms. The Bertz CT molecular complexity index is 421. The van der Waals surface area contributed by atoms with Crippen molar-refractivity contribution in [3.63, 3.8) is 0 Å². The second kappa shape index (κ2) is 11.4. The summed E-state index contributed by atoms with van der Waals surface area (Å²) in [5, 5.41) is 6.19. The van der Waals surface area contributed by atoms with Crippen LogP contribution in [0.15, 0.2) is 4.99 Å². The molecule has 0 bridgehead atoms. The summed E-state index contributed by atoms with van der Waals surface area (Å²) in [5.41, 5.74) is 0. The van der Waals surface area contributed by atoms with Crippen LogP contribution in [0.5, 0.6) is 0 Å². The fourth-order valence-corrected chi connectivity index (χ4v) is 3.69. The Kier molecular flexibility index (Phi) is 11.3. The zero-order valence-electron chi connectivity index (χ0n) is 13.7. The lowest BCUT2D eigenvalue weighted by Crippen LogP contribution is -2.44. The second-order valence-corrected chi connectivity index (χ2v) is 7.00. The molecule has 132 valence electrons. The molecule has 0 aliphatic carbocycles. The molecule has 1 aliphatic rings. The Hall–Kier alpha value is -0.130. The maximum atomic E-state index is 12.0. The van der Waals surface area contributed by atoms with Gasteiger partial charge in [-0.2, -0.15) is 0 Å². The Morgan fingerprint density at radius 3 is 2.50 bits per heavy atom. The number of halogens is 1. The van der Waals surface area contributed by atoms with Gasteiger partial charge in [0.15, 0.2) is 5.96 Å². The van der Waals surface area contributed by atoms with E-state index in [1.54, 1.807) is 7.05 Å². The molecule has 0 aromatic heterocycles. The summed E-state index contributed by atoms with van der Waals surface area (Å²) in [6, 6.07) is 0. The van der Waals surface area contributed by atoms with Crippen LogP contribution in [0.3, 0.4) is 0 Å². The molecular weight excluding hydrogens is 419 g/mol. The Balaban J connectivity index is 0.00000441. The number of ether oxygens (including phenoxy) is 1. The largest absolute Gasteiger partial charge is 0.376 e. The highest BCUT2D eigenvalue weighted by Crippen LogP contribution is 2.10. The smallest absolute Gasteiger partial charge is 0.215 e. The molecule has 1 heterocycles. The van der Waals surface area contributed by atoms with Gasteiger partial charge < -0.3 is 15.4 Å². The van der Waals surface area contributed by atoms with Crippen molar-refractivity contribution in [2.24, 2.45) is 4.99 Å². The standard InChI is InChI=1S/C13H28N4O3S.HI/c1-4-17(5-2)21(18,19)10-8-15-13(14-3)16-11-12-7-6-9-20-12;/h12H,4-11H2,1-3H3,(H2,14,15,16);1H. The van der Waals surface area contributed by atoms with E-state index < -0.39 is 10.0 Å². The third kappa shape index (κ3) is 7.42. The Morgan fingerprint density at radius 2 is 2.00 bits per heavy atom. The summed E-state index contributed by atoms with van der Waals surface area (Å²) >= 11 is 0. The van der Waals surface area contributed by atoms with Gasteiger partial charge in [-0.25, -0.2) is 12.7 Å². The van der Waals surface area contributed by atoms with E-state index in [4.69, 9.17) is 4.74 Å². The van der Waals surface area contributed by atoms with Gasteiger partial charge in [-0.1, -0.05) is 13.8 Å². The van der Waals surface area contributed by atoms with Gasteiger partial charge in [-0.05, 0) is 12.8 Å². The van der Waals surface area contributed by atoms with E-state index in [2.05, 4.69) is 15.6 Å². The van der Waals surface area contributed by atoms with Crippen LogP contribution in [-0.4, -0.2) is 70.4 Å². The highest BCUT2D eigenvalue weighted by molar-refractivity contribution is 14.0. The summed E-state index contributed by atoms with van der Waals surface area (Å²) in [6.07, 6.45) is 2.38. The number of nitrogens with zero attached hydrogens (tertiary/aromatic N) is 2. The van der Waals surface area contributed by atoms with E-state index in [-0.39, 0.29) is 35.8 Å². The van der Waals surface area contributed by atoms with E-state index in [9.17, 15) is 8.42 Å². The lowest BCUT2D eigenvalue weighted by atomic mass is 10.2. The number of aliphatic imine (C=N–C) groups is 1. The molecule has 1 atom stereocenters. The molecule has 0 aromatic carbocycles. The normalized spacial score (nSPS) is 19.1. The Morgan fingerprint density at radius 1 is 1.32 bits per heavy atom. The predicted octanol–water partition coefficient (Wildman–Crippen LogP) is 0.620. The number of nitrogens with one attached hydrogen (secondary N) is 2. The third-order valence-electron chi connectivity index (χ3n) is 3.50. The van der Waals surface area contributed by atoms with Crippen LogP contribution in [0, 0.1) is 0 Å². The van der Waals surface area contributed by atoms with Crippen LogP contribution in [0.2, 0.25) is 0 Å². The molecule has 0 amide bonds. The maximum Gasteiger partial charge on any atom is 0.215 e. The van der Waals surface area contributed by atoms with Crippen molar-refractivity contribution in [1.29, 1.82) is 0 Å². The van der Waals surface area contributed by atoms with Gasteiger partial charge in [-0.3, -0.25) is 4.99 Å². The van der Waals surface area contributed by atoms with Crippen molar-refractivity contribution >= 4 is 40.0 Å². The van der Waals surface area contributed by atoms with Gasteiger partial charge in [0, 0.05) is 39.8 Å². The molecule has 1 aliphatic heterocycles. The summed E-state index contributed by atoms with van der Waals surface area (Å²) < 4.78 is 31.1.